The Labute approximate surface area is 288 Å². The summed E-state index contributed by atoms with van der Waals surface area (Å²) in [7, 11) is 8.51. The maximum atomic E-state index is 13.0. The van der Waals surface area contributed by atoms with Crippen LogP contribution in [0.25, 0.3) is 0 Å². The summed E-state index contributed by atoms with van der Waals surface area (Å²) in [5.74, 6) is -4.57. The van der Waals surface area contributed by atoms with Crippen molar-refractivity contribution in [2.24, 2.45) is 11.8 Å². The number of hydrogen-bond acceptors (Lipinski definition) is 9. The Morgan fingerprint density at radius 1 is 0.653 bits per heavy atom. The molecule has 0 spiro atoms. The second kappa shape index (κ2) is 21.3. The standard InChI is InChI=1S/C31H55N9O9/c1-19(2)12-22(39(10)25(44)14-33-24(43)15-36(7)18-41)29(47)34-13-23(42)35-21(5)31(49)38(9)16-26(45)37(8)17-27(46)40(11)28(20(3)4)30(48)32-6/h18-22,28H,12-17H2,1-11H3,(H,32,48)(H,33,43)(H,34,47)(H,35,42). The number of amides is 9. The Balaban J connectivity index is 5.11. The SMILES string of the molecule is CNC(=O)C(C(C)C)N(C)C(=O)CN(C)C(=O)CN(C)C(=O)C(C)NC(=O)CNC(=O)C(CC(C)C)N(C)C(=O)CNC(=O)CN(C)C=O. The van der Waals surface area contributed by atoms with E-state index in [-0.39, 0.29) is 37.3 Å². The lowest BCUT2D eigenvalue weighted by molar-refractivity contribution is -0.145. The van der Waals surface area contributed by atoms with Gasteiger partial charge in [-0.15, -0.1) is 0 Å². The molecule has 0 heterocycles. The Kier molecular flexibility index (Phi) is 19.2. The van der Waals surface area contributed by atoms with Gasteiger partial charge in [-0.1, -0.05) is 27.7 Å². The predicted octanol–water partition coefficient (Wildman–Crippen LogP) is -3.17. The van der Waals surface area contributed by atoms with Gasteiger partial charge >= 0.3 is 0 Å². The lowest BCUT2D eigenvalue weighted by atomic mass is 10.0. The first-order chi connectivity index (χ1) is 22.7. The first-order valence-electron chi connectivity index (χ1n) is 15.9. The van der Waals surface area contributed by atoms with Crippen LogP contribution in [-0.2, 0) is 43.2 Å². The van der Waals surface area contributed by atoms with Crippen LogP contribution in [0.1, 0.15) is 41.0 Å². The van der Waals surface area contributed by atoms with Crippen LogP contribution >= 0.6 is 0 Å². The smallest absolute Gasteiger partial charge is 0.245 e. The molecular formula is C31H55N9O9. The summed E-state index contributed by atoms with van der Waals surface area (Å²) in [6, 6.07) is -2.77. The molecule has 3 atom stereocenters. The fourth-order valence-corrected chi connectivity index (χ4v) is 4.68. The van der Waals surface area contributed by atoms with Crippen molar-refractivity contribution in [3.05, 3.63) is 0 Å². The van der Waals surface area contributed by atoms with Crippen molar-refractivity contribution in [3.63, 3.8) is 0 Å². The van der Waals surface area contributed by atoms with Gasteiger partial charge in [0.15, 0.2) is 0 Å². The summed E-state index contributed by atoms with van der Waals surface area (Å²) in [6.45, 7) is 6.83. The van der Waals surface area contributed by atoms with Crippen LogP contribution < -0.4 is 21.3 Å². The largest absolute Gasteiger partial charge is 0.357 e. The third kappa shape index (κ3) is 15.3. The van der Waals surface area contributed by atoms with Gasteiger partial charge in [0.05, 0.1) is 32.7 Å². The molecule has 0 fully saturated rings. The molecule has 49 heavy (non-hydrogen) atoms. The summed E-state index contributed by atoms with van der Waals surface area (Å²) in [5, 5.41) is 9.85. The monoisotopic (exact) mass is 697 g/mol. The lowest BCUT2D eigenvalue weighted by Crippen LogP contribution is -2.54. The van der Waals surface area contributed by atoms with Gasteiger partial charge in [-0.3, -0.25) is 43.2 Å². The third-order valence-electron chi connectivity index (χ3n) is 7.54. The van der Waals surface area contributed by atoms with Gasteiger partial charge < -0.3 is 45.8 Å². The van der Waals surface area contributed by atoms with Crippen LogP contribution in [-0.4, -0.2) is 171 Å². The van der Waals surface area contributed by atoms with E-state index in [9.17, 15) is 43.2 Å². The maximum absolute atomic E-state index is 13.0. The van der Waals surface area contributed by atoms with Crippen molar-refractivity contribution < 1.29 is 43.2 Å². The average molecular weight is 698 g/mol. The maximum Gasteiger partial charge on any atom is 0.245 e. The minimum Gasteiger partial charge on any atom is -0.357 e. The van der Waals surface area contributed by atoms with E-state index in [1.165, 1.54) is 59.0 Å². The minimum atomic E-state index is -1.07. The fourth-order valence-electron chi connectivity index (χ4n) is 4.68. The highest BCUT2D eigenvalue weighted by Crippen LogP contribution is 2.12. The van der Waals surface area contributed by atoms with Gasteiger partial charge in [0, 0.05) is 42.3 Å². The zero-order valence-corrected chi connectivity index (χ0v) is 30.6. The molecule has 0 radical (unpaired) electrons. The topological polar surface area (TPSA) is 218 Å². The number of carbonyl (C=O) groups is 9. The van der Waals surface area contributed by atoms with Crippen LogP contribution in [0.3, 0.4) is 0 Å². The van der Waals surface area contributed by atoms with E-state index in [1.807, 2.05) is 13.8 Å². The number of hydrogen-bond donors (Lipinski definition) is 4. The number of carbonyl (C=O) groups excluding carboxylic acids is 9. The number of nitrogens with one attached hydrogen (secondary N) is 4. The zero-order valence-electron chi connectivity index (χ0n) is 30.6. The molecule has 0 saturated carbocycles. The van der Waals surface area contributed by atoms with E-state index in [4.69, 9.17) is 0 Å². The van der Waals surface area contributed by atoms with E-state index in [2.05, 4.69) is 21.3 Å². The highest BCUT2D eigenvalue weighted by molar-refractivity contribution is 5.95. The molecule has 9 amide bonds. The van der Waals surface area contributed by atoms with Gasteiger partial charge in [0.25, 0.3) is 0 Å². The fraction of sp³-hybridized carbons (Fsp3) is 0.710. The van der Waals surface area contributed by atoms with Crippen molar-refractivity contribution in [3.8, 4) is 0 Å². The van der Waals surface area contributed by atoms with Crippen molar-refractivity contribution in [1.82, 2.24) is 45.8 Å². The summed E-state index contributed by atoms with van der Waals surface area (Å²) in [4.78, 5) is 117. The van der Waals surface area contributed by atoms with Crippen LogP contribution in [0.15, 0.2) is 0 Å². The molecule has 278 valence electrons. The zero-order chi connectivity index (χ0) is 38.2. The molecule has 0 aromatic heterocycles. The van der Waals surface area contributed by atoms with Crippen molar-refractivity contribution in [2.45, 2.75) is 59.2 Å². The van der Waals surface area contributed by atoms with Crippen molar-refractivity contribution in [2.75, 3.05) is 75.0 Å². The normalized spacial score (nSPS) is 12.5. The summed E-state index contributed by atoms with van der Waals surface area (Å²) in [5.41, 5.74) is 0. The number of nitrogens with zero attached hydrogens (tertiary/aromatic N) is 5. The molecule has 4 N–H and O–H groups in total. The minimum absolute atomic E-state index is 0.0101. The van der Waals surface area contributed by atoms with Crippen LogP contribution in [0.2, 0.25) is 0 Å². The lowest BCUT2D eigenvalue weighted by Gasteiger charge is -2.31. The molecular weight excluding hydrogens is 642 g/mol. The highest BCUT2D eigenvalue weighted by atomic mass is 16.2. The van der Waals surface area contributed by atoms with E-state index < -0.39 is 79.1 Å². The number of rotatable bonds is 20. The average Bonchev–Trinajstić information content (AvgIpc) is 3.03. The summed E-state index contributed by atoms with van der Waals surface area (Å²) in [6.07, 6.45) is 0.725. The van der Waals surface area contributed by atoms with Gasteiger partial charge in [-0.25, -0.2) is 0 Å². The van der Waals surface area contributed by atoms with Crippen molar-refractivity contribution in [1.29, 1.82) is 0 Å². The Morgan fingerprint density at radius 2 is 1.22 bits per heavy atom. The molecule has 0 bridgehead atoms. The second-order valence-corrected chi connectivity index (χ2v) is 12.7. The molecule has 3 unspecified atom stereocenters. The Bertz CT molecular complexity index is 1210. The second-order valence-electron chi connectivity index (χ2n) is 12.7. The van der Waals surface area contributed by atoms with Gasteiger partial charge in [0.1, 0.15) is 18.1 Å². The third-order valence-corrected chi connectivity index (χ3v) is 7.54. The Morgan fingerprint density at radius 3 is 1.73 bits per heavy atom. The van der Waals surface area contributed by atoms with E-state index >= 15 is 0 Å². The highest BCUT2D eigenvalue weighted by Gasteiger charge is 2.31. The summed E-state index contributed by atoms with van der Waals surface area (Å²) >= 11 is 0. The van der Waals surface area contributed by atoms with Gasteiger partial charge in [-0.05, 0) is 25.2 Å². The van der Waals surface area contributed by atoms with E-state index in [1.54, 1.807) is 13.8 Å². The number of likely N-dealkylation sites (N-methyl/N-ethyl adjacent to an activating group) is 6. The molecule has 0 aromatic carbocycles. The van der Waals surface area contributed by atoms with E-state index in [0.717, 1.165) is 14.7 Å². The van der Waals surface area contributed by atoms with Gasteiger partial charge in [0.2, 0.25) is 53.7 Å². The van der Waals surface area contributed by atoms with Crippen LogP contribution in [0.5, 0.6) is 0 Å². The van der Waals surface area contributed by atoms with Crippen LogP contribution in [0.4, 0.5) is 0 Å². The molecule has 0 aromatic rings. The van der Waals surface area contributed by atoms with Crippen LogP contribution in [0, 0.1) is 11.8 Å². The summed E-state index contributed by atoms with van der Waals surface area (Å²) < 4.78 is 0. The molecule has 18 heteroatoms. The molecule has 0 aliphatic rings. The molecule has 0 aliphatic carbocycles. The van der Waals surface area contributed by atoms with Gasteiger partial charge in [-0.2, -0.15) is 0 Å². The van der Waals surface area contributed by atoms with Crippen molar-refractivity contribution >= 4 is 53.7 Å². The van der Waals surface area contributed by atoms with E-state index in [0.29, 0.717) is 6.41 Å². The molecule has 0 saturated heterocycles. The molecule has 0 rings (SSSR count). The molecule has 18 nitrogen and oxygen atoms in total. The first kappa shape index (κ1) is 44.2. The quantitative estimate of drug-likeness (QED) is 0.0943. The first-order valence-corrected chi connectivity index (χ1v) is 15.9. The predicted molar refractivity (Wildman–Crippen MR) is 179 cm³/mol. The molecule has 0 aliphatic heterocycles. The Hall–Kier alpha value is -4.77.